The van der Waals surface area contributed by atoms with Crippen LogP contribution in [0.1, 0.15) is 44.0 Å². The van der Waals surface area contributed by atoms with Gasteiger partial charge in [-0.1, -0.05) is 38.5 Å². The molecule has 0 N–H and O–H groups in total. The Balaban J connectivity index is 1.96. The third kappa shape index (κ3) is 4.34. The number of carbonyl (C=O) groups excluding carboxylic acids is 2. The van der Waals surface area contributed by atoms with Crippen molar-refractivity contribution in [1.29, 1.82) is 0 Å². The van der Waals surface area contributed by atoms with Crippen LogP contribution >= 0.6 is 0 Å². The van der Waals surface area contributed by atoms with Gasteiger partial charge in [-0.05, 0) is 43.2 Å². The molecule has 1 aromatic rings. The second-order valence-electron chi connectivity index (χ2n) is 6.39. The molecule has 1 aliphatic carbocycles. The second kappa shape index (κ2) is 8.14. The first-order valence-electron chi connectivity index (χ1n) is 8.43. The largest absolute Gasteiger partial charge is 0.466 e. The lowest BCUT2D eigenvalue weighted by Crippen LogP contribution is -2.30. The van der Waals surface area contributed by atoms with Gasteiger partial charge in [-0.3, -0.25) is 4.79 Å². The monoisotopic (exact) mass is 318 g/mol. The fourth-order valence-corrected chi connectivity index (χ4v) is 3.49. The zero-order chi connectivity index (χ0) is 16.8. The third-order valence-corrected chi connectivity index (χ3v) is 4.95. The number of ether oxygens (including phenoxy) is 2. The van der Waals surface area contributed by atoms with Gasteiger partial charge in [0.25, 0.3) is 0 Å². The van der Waals surface area contributed by atoms with E-state index in [-0.39, 0.29) is 29.7 Å². The minimum Gasteiger partial charge on any atom is -0.466 e. The summed E-state index contributed by atoms with van der Waals surface area (Å²) in [6.07, 6.45) is 2.04. The quantitative estimate of drug-likeness (QED) is 0.750. The summed E-state index contributed by atoms with van der Waals surface area (Å²) in [7, 11) is 0. The van der Waals surface area contributed by atoms with Gasteiger partial charge in [0.1, 0.15) is 0 Å². The SMILES string of the molecule is CCOC(=O)[C@@H](C)[C@H]1CC[C@H](C)[C@H]1COC(=O)c1ccccc1. The number of hydrogen-bond donors (Lipinski definition) is 0. The minimum absolute atomic E-state index is 0.147. The van der Waals surface area contributed by atoms with Crippen molar-refractivity contribution in [2.75, 3.05) is 13.2 Å². The van der Waals surface area contributed by atoms with E-state index >= 15 is 0 Å². The Bertz CT molecular complexity index is 525. The third-order valence-electron chi connectivity index (χ3n) is 4.95. The summed E-state index contributed by atoms with van der Waals surface area (Å²) >= 11 is 0. The van der Waals surface area contributed by atoms with Crippen molar-refractivity contribution in [2.24, 2.45) is 23.7 Å². The predicted octanol–water partition coefficient (Wildman–Crippen LogP) is 3.70. The molecule has 0 bridgehead atoms. The maximum atomic E-state index is 12.1. The molecule has 4 atom stereocenters. The molecule has 23 heavy (non-hydrogen) atoms. The summed E-state index contributed by atoms with van der Waals surface area (Å²) in [5.41, 5.74) is 0.563. The van der Waals surface area contributed by atoms with E-state index in [1.165, 1.54) is 0 Å². The maximum absolute atomic E-state index is 12.1. The van der Waals surface area contributed by atoms with E-state index in [1.807, 2.05) is 32.0 Å². The molecule has 0 saturated heterocycles. The summed E-state index contributed by atoms with van der Waals surface area (Å²) in [4.78, 5) is 24.1. The highest BCUT2D eigenvalue weighted by Crippen LogP contribution is 2.41. The molecule has 0 radical (unpaired) electrons. The zero-order valence-electron chi connectivity index (χ0n) is 14.2. The number of rotatable bonds is 6. The van der Waals surface area contributed by atoms with Gasteiger partial charge in [-0.15, -0.1) is 0 Å². The van der Waals surface area contributed by atoms with Crippen LogP contribution in [0.25, 0.3) is 0 Å². The van der Waals surface area contributed by atoms with Gasteiger partial charge in [0.15, 0.2) is 0 Å². The van der Waals surface area contributed by atoms with Crippen molar-refractivity contribution >= 4 is 11.9 Å². The van der Waals surface area contributed by atoms with Crippen molar-refractivity contribution < 1.29 is 19.1 Å². The molecule has 0 aliphatic heterocycles. The van der Waals surface area contributed by atoms with Gasteiger partial charge >= 0.3 is 11.9 Å². The van der Waals surface area contributed by atoms with E-state index in [4.69, 9.17) is 9.47 Å². The van der Waals surface area contributed by atoms with Crippen molar-refractivity contribution in [3.8, 4) is 0 Å². The molecular formula is C19H26O4. The first-order chi connectivity index (χ1) is 11.0. The highest BCUT2D eigenvalue weighted by molar-refractivity contribution is 5.89. The second-order valence-corrected chi connectivity index (χ2v) is 6.39. The van der Waals surface area contributed by atoms with Gasteiger partial charge in [0.2, 0.25) is 0 Å². The van der Waals surface area contributed by atoms with Crippen LogP contribution in [0, 0.1) is 23.7 Å². The van der Waals surface area contributed by atoms with Crippen LogP contribution < -0.4 is 0 Å². The molecule has 0 spiro atoms. The molecule has 126 valence electrons. The Hall–Kier alpha value is -1.84. The number of benzene rings is 1. The average molecular weight is 318 g/mol. The lowest BCUT2D eigenvalue weighted by molar-refractivity contribution is -0.150. The van der Waals surface area contributed by atoms with Crippen LogP contribution in [0.2, 0.25) is 0 Å². The standard InChI is InChI=1S/C19H26O4/c1-4-22-18(20)14(3)16-11-10-13(2)17(16)12-23-19(21)15-8-6-5-7-9-15/h5-9,13-14,16-17H,4,10-12H2,1-3H3/t13-,14-,16+,17+/m0/s1. The fourth-order valence-electron chi connectivity index (χ4n) is 3.49. The Kier molecular flexibility index (Phi) is 6.20. The molecule has 1 aliphatic rings. The molecule has 0 unspecified atom stereocenters. The van der Waals surface area contributed by atoms with Crippen LogP contribution in [-0.2, 0) is 14.3 Å². The Morgan fingerprint density at radius 3 is 2.52 bits per heavy atom. The van der Waals surface area contributed by atoms with Crippen LogP contribution in [0.15, 0.2) is 30.3 Å². The smallest absolute Gasteiger partial charge is 0.338 e. The topological polar surface area (TPSA) is 52.6 Å². The summed E-state index contributed by atoms with van der Waals surface area (Å²) in [5, 5.41) is 0. The Morgan fingerprint density at radius 2 is 1.87 bits per heavy atom. The van der Waals surface area contributed by atoms with Crippen LogP contribution in [-0.4, -0.2) is 25.2 Å². The van der Waals surface area contributed by atoms with Gasteiger partial charge in [-0.2, -0.15) is 0 Å². The highest BCUT2D eigenvalue weighted by atomic mass is 16.5. The summed E-state index contributed by atoms with van der Waals surface area (Å²) in [5.74, 6) is 0.272. The normalized spacial score (nSPS) is 24.9. The van der Waals surface area contributed by atoms with Crippen LogP contribution in [0.3, 0.4) is 0 Å². The molecule has 1 aromatic carbocycles. The molecular weight excluding hydrogens is 292 g/mol. The van der Waals surface area contributed by atoms with Crippen LogP contribution in [0.4, 0.5) is 0 Å². The van der Waals surface area contributed by atoms with Gasteiger partial charge in [0.05, 0.1) is 24.7 Å². The average Bonchev–Trinajstić information content (AvgIpc) is 2.93. The van der Waals surface area contributed by atoms with E-state index in [9.17, 15) is 9.59 Å². The molecule has 1 fully saturated rings. The summed E-state index contributed by atoms with van der Waals surface area (Å²) in [6.45, 7) is 6.68. The molecule has 1 saturated carbocycles. The number of hydrogen-bond acceptors (Lipinski definition) is 4. The lowest BCUT2D eigenvalue weighted by atomic mass is 9.82. The zero-order valence-corrected chi connectivity index (χ0v) is 14.2. The van der Waals surface area contributed by atoms with E-state index in [2.05, 4.69) is 6.92 Å². The number of esters is 2. The van der Waals surface area contributed by atoms with Gasteiger partial charge in [-0.25, -0.2) is 4.79 Å². The molecule has 0 aromatic heterocycles. The van der Waals surface area contributed by atoms with E-state index in [0.29, 0.717) is 24.7 Å². The molecule has 0 amide bonds. The molecule has 4 heteroatoms. The lowest BCUT2D eigenvalue weighted by Gasteiger charge is -2.26. The van der Waals surface area contributed by atoms with E-state index in [0.717, 1.165) is 12.8 Å². The summed E-state index contributed by atoms with van der Waals surface area (Å²) in [6, 6.07) is 9.01. The van der Waals surface area contributed by atoms with E-state index in [1.54, 1.807) is 12.1 Å². The predicted molar refractivity (Wildman–Crippen MR) is 87.9 cm³/mol. The minimum atomic E-state index is -0.299. The summed E-state index contributed by atoms with van der Waals surface area (Å²) < 4.78 is 10.7. The Labute approximate surface area is 138 Å². The van der Waals surface area contributed by atoms with Crippen LogP contribution in [0.5, 0.6) is 0 Å². The van der Waals surface area contributed by atoms with Crippen molar-refractivity contribution in [1.82, 2.24) is 0 Å². The molecule has 2 rings (SSSR count). The first-order valence-corrected chi connectivity index (χ1v) is 8.43. The van der Waals surface area contributed by atoms with Gasteiger partial charge in [0, 0.05) is 0 Å². The Morgan fingerprint density at radius 1 is 1.17 bits per heavy atom. The van der Waals surface area contributed by atoms with E-state index < -0.39 is 0 Å². The van der Waals surface area contributed by atoms with Crippen molar-refractivity contribution in [3.05, 3.63) is 35.9 Å². The first kappa shape index (κ1) is 17.5. The van der Waals surface area contributed by atoms with Crippen molar-refractivity contribution in [3.63, 3.8) is 0 Å². The fraction of sp³-hybridized carbons (Fsp3) is 0.579. The molecule has 4 nitrogen and oxygen atoms in total. The molecule has 0 heterocycles. The number of carbonyl (C=O) groups is 2. The van der Waals surface area contributed by atoms with Gasteiger partial charge < -0.3 is 9.47 Å². The highest BCUT2D eigenvalue weighted by Gasteiger charge is 2.40. The van der Waals surface area contributed by atoms with Crippen molar-refractivity contribution in [2.45, 2.75) is 33.6 Å². The maximum Gasteiger partial charge on any atom is 0.338 e.